The summed E-state index contributed by atoms with van der Waals surface area (Å²) >= 11 is 3.15. The lowest BCUT2D eigenvalue weighted by Crippen LogP contribution is -2.20. The third-order valence-electron chi connectivity index (χ3n) is 2.12. The van der Waals surface area contributed by atoms with Crippen LogP contribution in [0, 0.1) is 11.7 Å². The fourth-order valence-corrected chi connectivity index (χ4v) is 1.52. The number of nitrogens with one attached hydrogen (secondary N) is 1. The van der Waals surface area contributed by atoms with Gasteiger partial charge in [0.25, 0.3) is 0 Å². The number of carboxylic acids is 1. The first-order valence-electron chi connectivity index (χ1n) is 4.88. The molecule has 0 saturated heterocycles. The van der Waals surface area contributed by atoms with Gasteiger partial charge in [0.2, 0.25) is 5.91 Å². The van der Waals surface area contributed by atoms with Crippen LogP contribution in [-0.2, 0) is 9.59 Å². The van der Waals surface area contributed by atoms with Crippen molar-refractivity contribution in [2.75, 3.05) is 5.32 Å². The molecule has 0 saturated carbocycles. The Bertz CT molecular complexity index is 450. The molecule has 0 aliphatic heterocycles. The van der Waals surface area contributed by atoms with E-state index >= 15 is 0 Å². The number of hydrogen-bond acceptors (Lipinski definition) is 2. The van der Waals surface area contributed by atoms with Crippen LogP contribution in [0.15, 0.2) is 22.7 Å². The van der Waals surface area contributed by atoms with Crippen LogP contribution in [0.1, 0.15) is 13.3 Å². The van der Waals surface area contributed by atoms with E-state index in [0.717, 1.165) is 0 Å². The van der Waals surface area contributed by atoms with E-state index in [-0.39, 0.29) is 12.1 Å². The molecule has 4 nitrogen and oxygen atoms in total. The molecule has 0 aromatic heterocycles. The van der Waals surface area contributed by atoms with Crippen LogP contribution in [0.25, 0.3) is 0 Å². The zero-order valence-corrected chi connectivity index (χ0v) is 10.6. The molecule has 1 atom stereocenters. The van der Waals surface area contributed by atoms with Crippen molar-refractivity contribution in [3.8, 4) is 0 Å². The normalized spacial score (nSPS) is 11.9. The minimum atomic E-state index is -1.06. The van der Waals surface area contributed by atoms with Crippen molar-refractivity contribution < 1.29 is 19.1 Å². The fraction of sp³-hybridized carbons (Fsp3) is 0.273. The number of carboxylic acid groups (broad SMARTS) is 1. The maximum absolute atomic E-state index is 13.3. The van der Waals surface area contributed by atoms with Gasteiger partial charge in [0.15, 0.2) is 0 Å². The second-order valence-corrected chi connectivity index (χ2v) is 4.53. The molecule has 92 valence electrons. The van der Waals surface area contributed by atoms with Gasteiger partial charge in [-0.1, -0.05) is 22.9 Å². The number of aliphatic carboxylic acids is 1. The van der Waals surface area contributed by atoms with Crippen LogP contribution < -0.4 is 5.32 Å². The van der Waals surface area contributed by atoms with Crippen molar-refractivity contribution in [2.24, 2.45) is 5.92 Å². The highest BCUT2D eigenvalue weighted by Gasteiger charge is 2.16. The molecule has 1 aromatic carbocycles. The predicted molar refractivity (Wildman–Crippen MR) is 64.1 cm³/mol. The van der Waals surface area contributed by atoms with E-state index in [4.69, 9.17) is 5.11 Å². The number of carbonyl (C=O) groups is 2. The number of halogens is 2. The van der Waals surface area contributed by atoms with Gasteiger partial charge < -0.3 is 10.4 Å². The quantitative estimate of drug-likeness (QED) is 0.898. The summed E-state index contributed by atoms with van der Waals surface area (Å²) in [6.45, 7) is 1.42. The topological polar surface area (TPSA) is 66.4 Å². The molecule has 0 spiro atoms. The summed E-state index contributed by atoms with van der Waals surface area (Å²) in [6, 6.07) is 4.13. The average Bonchev–Trinajstić information content (AvgIpc) is 2.23. The van der Waals surface area contributed by atoms with Gasteiger partial charge in [0.1, 0.15) is 5.82 Å². The van der Waals surface area contributed by atoms with E-state index in [1.165, 1.54) is 25.1 Å². The van der Waals surface area contributed by atoms with Gasteiger partial charge in [-0.25, -0.2) is 4.39 Å². The molecular formula is C11H11BrFNO3. The molecular weight excluding hydrogens is 293 g/mol. The summed E-state index contributed by atoms with van der Waals surface area (Å²) in [6.07, 6.45) is -0.193. The summed E-state index contributed by atoms with van der Waals surface area (Å²) in [5.41, 5.74) is 0.0296. The first kappa shape index (κ1) is 13.6. The summed E-state index contributed by atoms with van der Waals surface area (Å²) < 4.78 is 13.9. The van der Waals surface area contributed by atoms with E-state index in [1.807, 2.05) is 0 Å². The summed E-state index contributed by atoms with van der Waals surface area (Å²) in [7, 11) is 0. The van der Waals surface area contributed by atoms with Gasteiger partial charge >= 0.3 is 5.97 Å². The highest BCUT2D eigenvalue weighted by Crippen LogP contribution is 2.20. The first-order valence-corrected chi connectivity index (χ1v) is 5.67. The lowest BCUT2D eigenvalue weighted by molar-refractivity contribution is -0.142. The van der Waals surface area contributed by atoms with Gasteiger partial charge in [-0.3, -0.25) is 9.59 Å². The predicted octanol–water partition coefficient (Wildman–Crippen LogP) is 2.64. The molecule has 0 heterocycles. The number of carbonyl (C=O) groups excluding carboxylic acids is 1. The maximum Gasteiger partial charge on any atom is 0.306 e. The third kappa shape index (κ3) is 4.14. The van der Waals surface area contributed by atoms with E-state index in [2.05, 4.69) is 21.2 Å². The molecule has 1 unspecified atom stereocenters. The van der Waals surface area contributed by atoms with Crippen LogP contribution >= 0.6 is 15.9 Å². The number of anilines is 1. The number of rotatable bonds is 4. The molecule has 0 aliphatic carbocycles. The minimum Gasteiger partial charge on any atom is -0.481 e. The van der Waals surface area contributed by atoms with Gasteiger partial charge in [0.05, 0.1) is 11.6 Å². The van der Waals surface area contributed by atoms with Crippen LogP contribution in [0.2, 0.25) is 0 Å². The van der Waals surface area contributed by atoms with Crippen molar-refractivity contribution in [1.82, 2.24) is 0 Å². The Morgan fingerprint density at radius 1 is 1.53 bits per heavy atom. The summed E-state index contributed by atoms with van der Waals surface area (Å²) in [5.74, 6) is -2.96. The third-order valence-corrected chi connectivity index (χ3v) is 2.61. The molecule has 17 heavy (non-hydrogen) atoms. The molecule has 6 heteroatoms. The fourth-order valence-electron chi connectivity index (χ4n) is 1.16. The summed E-state index contributed by atoms with van der Waals surface area (Å²) in [4.78, 5) is 22.0. The lowest BCUT2D eigenvalue weighted by atomic mass is 10.1. The Balaban J connectivity index is 2.68. The van der Waals surface area contributed by atoms with Crippen LogP contribution in [0.5, 0.6) is 0 Å². The molecule has 1 aromatic rings. The van der Waals surface area contributed by atoms with Crippen LogP contribution in [0.3, 0.4) is 0 Å². The highest BCUT2D eigenvalue weighted by atomic mass is 79.9. The Morgan fingerprint density at radius 3 is 2.76 bits per heavy atom. The SMILES string of the molecule is CC(CC(=O)Nc1cc(Br)ccc1F)C(=O)O. The molecule has 0 bridgehead atoms. The standard InChI is InChI=1S/C11H11BrFNO3/c1-6(11(16)17)4-10(15)14-9-5-7(12)2-3-8(9)13/h2-3,5-6H,4H2,1H3,(H,14,15)(H,16,17). The Hall–Kier alpha value is -1.43. The average molecular weight is 304 g/mol. The molecule has 1 amide bonds. The van der Waals surface area contributed by atoms with E-state index in [1.54, 1.807) is 0 Å². The zero-order chi connectivity index (χ0) is 13.0. The Kier molecular flexibility index (Phi) is 4.62. The Labute approximate surface area is 106 Å². The van der Waals surface area contributed by atoms with Gasteiger partial charge in [-0.05, 0) is 18.2 Å². The van der Waals surface area contributed by atoms with Gasteiger partial charge in [0, 0.05) is 10.9 Å². The maximum atomic E-state index is 13.3. The Morgan fingerprint density at radius 2 is 2.18 bits per heavy atom. The van der Waals surface area contributed by atoms with Gasteiger partial charge in [-0.15, -0.1) is 0 Å². The van der Waals surface area contributed by atoms with E-state index in [0.29, 0.717) is 4.47 Å². The van der Waals surface area contributed by atoms with E-state index < -0.39 is 23.6 Å². The van der Waals surface area contributed by atoms with Crippen molar-refractivity contribution >= 4 is 33.5 Å². The molecule has 0 radical (unpaired) electrons. The lowest BCUT2D eigenvalue weighted by Gasteiger charge is -2.08. The highest BCUT2D eigenvalue weighted by molar-refractivity contribution is 9.10. The van der Waals surface area contributed by atoms with Crippen LogP contribution in [-0.4, -0.2) is 17.0 Å². The minimum absolute atomic E-state index is 0.0296. The van der Waals surface area contributed by atoms with Crippen molar-refractivity contribution in [3.63, 3.8) is 0 Å². The first-order chi connectivity index (χ1) is 7.90. The monoisotopic (exact) mass is 303 g/mol. The smallest absolute Gasteiger partial charge is 0.306 e. The van der Waals surface area contributed by atoms with Crippen molar-refractivity contribution in [3.05, 3.63) is 28.5 Å². The number of benzene rings is 1. The number of hydrogen-bond donors (Lipinski definition) is 2. The summed E-state index contributed by atoms with van der Waals surface area (Å²) in [5, 5.41) is 11.0. The molecule has 0 aliphatic rings. The van der Waals surface area contributed by atoms with Crippen molar-refractivity contribution in [2.45, 2.75) is 13.3 Å². The van der Waals surface area contributed by atoms with E-state index in [9.17, 15) is 14.0 Å². The second kappa shape index (κ2) is 5.77. The number of amides is 1. The van der Waals surface area contributed by atoms with Gasteiger partial charge in [-0.2, -0.15) is 0 Å². The zero-order valence-electron chi connectivity index (χ0n) is 9.04. The van der Waals surface area contributed by atoms with Crippen molar-refractivity contribution in [1.29, 1.82) is 0 Å². The van der Waals surface area contributed by atoms with Crippen LogP contribution in [0.4, 0.5) is 10.1 Å². The second-order valence-electron chi connectivity index (χ2n) is 3.62. The molecule has 0 fully saturated rings. The molecule has 1 rings (SSSR count). The molecule has 2 N–H and O–H groups in total. The largest absolute Gasteiger partial charge is 0.481 e.